The van der Waals surface area contributed by atoms with E-state index in [0.29, 0.717) is 17.0 Å². The molecule has 0 aromatic heterocycles. The van der Waals surface area contributed by atoms with Crippen LogP contribution in [0.2, 0.25) is 0 Å². The van der Waals surface area contributed by atoms with Gasteiger partial charge in [-0.05, 0) is 56.1 Å². The molecule has 2 aliphatic rings. The third-order valence-electron chi connectivity index (χ3n) is 5.10. The summed E-state index contributed by atoms with van der Waals surface area (Å²) >= 11 is 0. The monoisotopic (exact) mass is 271 g/mol. The minimum absolute atomic E-state index is 0.0299. The van der Waals surface area contributed by atoms with Crippen molar-refractivity contribution in [2.75, 3.05) is 0 Å². The lowest BCUT2D eigenvalue weighted by molar-refractivity contribution is 0.0914. The largest absolute Gasteiger partial charge is 0.349 e. The number of benzene rings is 1. The number of aldehydes is 1. The molecule has 106 valence electrons. The Morgan fingerprint density at radius 3 is 2.55 bits per heavy atom. The van der Waals surface area contributed by atoms with E-state index < -0.39 is 0 Å². The molecule has 0 spiro atoms. The molecule has 0 heterocycles. The highest BCUT2D eigenvalue weighted by molar-refractivity contribution is 5.95. The van der Waals surface area contributed by atoms with Gasteiger partial charge in [-0.2, -0.15) is 0 Å². The summed E-state index contributed by atoms with van der Waals surface area (Å²) in [4.78, 5) is 22.8. The van der Waals surface area contributed by atoms with Gasteiger partial charge >= 0.3 is 0 Å². The Kier molecular flexibility index (Phi) is 3.60. The summed E-state index contributed by atoms with van der Waals surface area (Å²) in [6, 6.07) is 7.04. The second kappa shape index (κ2) is 5.39. The summed E-state index contributed by atoms with van der Waals surface area (Å²) in [5.41, 5.74) is 1.23. The molecule has 20 heavy (non-hydrogen) atoms. The summed E-state index contributed by atoms with van der Waals surface area (Å²) in [5.74, 6) is 2.33. The van der Waals surface area contributed by atoms with Crippen molar-refractivity contribution in [1.29, 1.82) is 0 Å². The van der Waals surface area contributed by atoms with E-state index in [9.17, 15) is 9.59 Å². The molecule has 1 aromatic carbocycles. The van der Waals surface area contributed by atoms with Gasteiger partial charge in [0.05, 0.1) is 0 Å². The van der Waals surface area contributed by atoms with E-state index in [0.717, 1.165) is 18.1 Å². The van der Waals surface area contributed by atoms with Crippen LogP contribution in [-0.4, -0.2) is 18.2 Å². The number of hydrogen-bond donors (Lipinski definition) is 1. The molecule has 1 aromatic rings. The molecule has 4 atom stereocenters. The maximum absolute atomic E-state index is 12.2. The number of nitrogens with one attached hydrogen (secondary N) is 1. The zero-order chi connectivity index (χ0) is 14.1. The van der Waals surface area contributed by atoms with Crippen LogP contribution in [0.3, 0.4) is 0 Å². The predicted octanol–water partition coefficient (Wildman–Crippen LogP) is 3.05. The number of fused-ring (bicyclic) bond motifs is 2. The lowest BCUT2D eigenvalue weighted by Crippen LogP contribution is -2.40. The molecule has 3 nitrogen and oxygen atoms in total. The summed E-state index contributed by atoms with van der Waals surface area (Å²) in [5, 5.41) is 3.13. The lowest BCUT2D eigenvalue weighted by Gasteiger charge is -2.28. The number of carbonyl (C=O) groups excluding carboxylic acids is 2. The fraction of sp³-hybridized carbons (Fsp3) is 0.529. The molecule has 2 saturated carbocycles. The molecular formula is C17H21NO2. The maximum atomic E-state index is 12.2. The highest BCUT2D eigenvalue weighted by Gasteiger charge is 2.42. The van der Waals surface area contributed by atoms with E-state index in [1.165, 1.54) is 25.7 Å². The molecule has 2 aliphatic carbocycles. The third-order valence-corrected chi connectivity index (χ3v) is 5.10. The Balaban J connectivity index is 1.61. The van der Waals surface area contributed by atoms with E-state index in [4.69, 9.17) is 0 Å². The molecule has 1 N–H and O–H groups in total. The van der Waals surface area contributed by atoms with Gasteiger partial charge in [0.2, 0.25) is 0 Å². The molecule has 1 amide bonds. The van der Waals surface area contributed by atoms with Gasteiger partial charge in [0.1, 0.15) is 6.29 Å². The smallest absolute Gasteiger partial charge is 0.251 e. The van der Waals surface area contributed by atoms with E-state index in [2.05, 4.69) is 12.2 Å². The number of carbonyl (C=O) groups is 2. The summed E-state index contributed by atoms with van der Waals surface area (Å²) in [6.45, 7) is 2.13. The van der Waals surface area contributed by atoms with Gasteiger partial charge in [-0.3, -0.25) is 9.59 Å². The van der Waals surface area contributed by atoms with Crippen LogP contribution in [0.5, 0.6) is 0 Å². The summed E-state index contributed by atoms with van der Waals surface area (Å²) in [6.07, 6.45) is 6.15. The van der Waals surface area contributed by atoms with Gasteiger partial charge < -0.3 is 5.32 Å². The van der Waals surface area contributed by atoms with Gasteiger partial charge in [0.25, 0.3) is 5.91 Å². The standard InChI is InChI=1S/C17H21NO2/c1-11(16-9-13-4-7-15(16)8-13)18-17(20)14-5-2-12(10-19)3-6-14/h2-3,5-6,10-11,13,15-16H,4,7-9H2,1H3,(H,18,20). The van der Waals surface area contributed by atoms with E-state index in [1.54, 1.807) is 24.3 Å². The van der Waals surface area contributed by atoms with Crippen LogP contribution in [0.25, 0.3) is 0 Å². The normalized spacial score (nSPS) is 29.1. The van der Waals surface area contributed by atoms with Crippen LogP contribution >= 0.6 is 0 Å². The predicted molar refractivity (Wildman–Crippen MR) is 77.7 cm³/mol. The minimum Gasteiger partial charge on any atom is -0.349 e. The average molecular weight is 271 g/mol. The molecule has 2 bridgehead atoms. The second-order valence-electron chi connectivity index (χ2n) is 6.34. The number of amides is 1. The maximum Gasteiger partial charge on any atom is 0.251 e. The Morgan fingerprint density at radius 2 is 2.00 bits per heavy atom. The van der Waals surface area contributed by atoms with Crippen LogP contribution in [0.15, 0.2) is 24.3 Å². The quantitative estimate of drug-likeness (QED) is 0.855. The van der Waals surface area contributed by atoms with E-state index >= 15 is 0 Å². The first-order valence-electron chi connectivity index (χ1n) is 7.53. The van der Waals surface area contributed by atoms with Crippen LogP contribution in [0, 0.1) is 17.8 Å². The molecule has 0 saturated heterocycles. The SMILES string of the molecule is CC(NC(=O)c1ccc(C=O)cc1)C1CC2CCC1C2. The lowest BCUT2D eigenvalue weighted by atomic mass is 9.84. The Bertz CT molecular complexity index is 508. The highest BCUT2D eigenvalue weighted by Crippen LogP contribution is 2.49. The third kappa shape index (κ3) is 2.49. The van der Waals surface area contributed by atoms with Crippen molar-refractivity contribution in [2.24, 2.45) is 17.8 Å². The van der Waals surface area contributed by atoms with Crippen LogP contribution < -0.4 is 5.32 Å². The number of hydrogen-bond acceptors (Lipinski definition) is 2. The first-order valence-corrected chi connectivity index (χ1v) is 7.53. The Labute approximate surface area is 119 Å². The van der Waals surface area contributed by atoms with Crippen molar-refractivity contribution in [1.82, 2.24) is 5.32 Å². The molecule has 3 heteroatoms. The van der Waals surface area contributed by atoms with Gasteiger partial charge in [-0.25, -0.2) is 0 Å². The average Bonchev–Trinajstić information content (AvgIpc) is 3.10. The Morgan fingerprint density at radius 1 is 1.25 bits per heavy atom. The van der Waals surface area contributed by atoms with Gasteiger partial charge in [0.15, 0.2) is 0 Å². The van der Waals surface area contributed by atoms with Crippen molar-refractivity contribution in [3.8, 4) is 0 Å². The van der Waals surface area contributed by atoms with Crippen LogP contribution in [-0.2, 0) is 0 Å². The molecule has 4 unspecified atom stereocenters. The summed E-state index contributed by atoms with van der Waals surface area (Å²) in [7, 11) is 0. The topological polar surface area (TPSA) is 46.2 Å². The Hall–Kier alpha value is -1.64. The van der Waals surface area contributed by atoms with Gasteiger partial charge in [-0.1, -0.05) is 18.6 Å². The zero-order valence-electron chi connectivity index (χ0n) is 11.8. The van der Waals surface area contributed by atoms with Crippen molar-refractivity contribution in [2.45, 2.75) is 38.6 Å². The first-order chi connectivity index (χ1) is 9.67. The molecule has 0 radical (unpaired) electrons. The second-order valence-corrected chi connectivity index (χ2v) is 6.34. The van der Waals surface area contributed by atoms with Crippen LogP contribution in [0.1, 0.15) is 53.3 Å². The van der Waals surface area contributed by atoms with Crippen molar-refractivity contribution < 1.29 is 9.59 Å². The molecule has 3 rings (SSSR count). The van der Waals surface area contributed by atoms with Gasteiger partial charge in [-0.15, -0.1) is 0 Å². The van der Waals surface area contributed by atoms with Crippen LogP contribution in [0.4, 0.5) is 0 Å². The highest BCUT2D eigenvalue weighted by atomic mass is 16.1. The van der Waals surface area contributed by atoms with Crippen molar-refractivity contribution in [3.63, 3.8) is 0 Å². The van der Waals surface area contributed by atoms with E-state index in [1.807, 2.05) is 0 Å². The van der Waals surface area contributed by atoms with Crippen molar-refractivity contribution >= 4 is 12.2 Å². The fourth-order valence-corrected chi connectivity index (χ4v) is 4.02. The first kappa shape index (κ1) is 13.3. The van der Waals surface area contributed by atoms with Crippen molar-refractivity contribution in [3.05, 3.63) is 35.4 Å². The fourth-order valence-electron chi connectivity index (χ4n) is 4.02. The molecule has 0 aliphatic heterocycles. The number of rotatable bonds is 4. The van der Waals surface area contributed by atoms with E-state index in [-0.39, 0.29) is 11.9 Å². The molecular weight excluding hydrogens is 250 g/mol. The molecule has 2 fully saturated rings. The van der Waals surface area contributed by atoms with Gasteiger partial charge in [0, 0.05) is 17.2 Å². The zero-order valence-corrected chi connectivity index (χ0v) is 11.8. The summed E-state index contributed by atoms with van der Waals surface area (Å²) < 4.78 is 0. The minimum atomic E-state index is -0.0299.